The second-order valence-electron chi connectivity index (χ2n) is 5.07. The van der Waals surface area contributed by atoms with Gasteiger partial charge in [0.1, 0.15) is 0 Å². The molecule has 0 unspecified atom stereocenters. The lowest BCUT2D eigenvalue weighted by molar-refractivity contribution is -0.122. The number of aromatic nitrogens is 2. The van der Waals surface area contributed by atoms with Crippen LogP contribution in [0.15, 0.2) is 6.20 Å². The number of nitrogens with zero attached hydrogens (tertiary/aromatic N) is 3. The van der Waals surface area contributed by atoms with Gasteiger partial charge in [0, 0.05) is 38.4 Å². The molecule has 1 aromatic rings. The number of carbonyl (C=O) groups excluding carboxylic acids is 1. The number of rotatable bonds is 4. The highest BCUT2D eigenvalue weighted by Gasteiger charge is 2.13. The van der Waals surface area contributed by atoms with Crippen molar-refractivity contribution in [3.8, 4) is 0 Å². The maximum absolute atomic E-state index is 11.9. The molecule has 0 bridgehead atoms. The Morgan fingerprint density at radius 1 is 1.47 bits per heavy atom. The van der Waals surface area contributed by atoms with Gasteiger partial charge in [0.15, 0.2) is 0 Å². The van der Waals surface area contributed by atoms with Crippen LogP contribution in [0.4, 0.5) is 0 Å². The first-order valence-corrected chi connectivity index (χ1v) is 6.84. The lowest BCUT2D eigenvalue weighted by atomic mass is 10.2. The van der Waals surface area contributed by atoms with Crippen LogP contribution in [0, 0.1) is 6.92 Å². The minimum atomic E-state index is 0.0881. The third kappa shape index (κ3) is 4.33. The molecular weight excluding hydrogens is 242 g/mol. The molecule has 1 aromatic heterocycles. The molecule has 1 aliphatic heterocycles. The van der Waals surface area contributed by atoms with E-state index in [1.54, 1.807) is 4.68 Å². The fourth-order valence-corrected chi connectivity index (χ4v) is 2.33. The van der Waals surface area contributed by atoms with E-state index in [0.29, 0.717) is 13.1 Å². The average Bonchev–Trinajstić information content (AvgIpc) is 2.56. The van der Waals surface area contributed by atoms with Crippen LogP contribution in [0.25, 0.3) is 0 Å². The Labute approximate surface area is 114 Å². The summed E-state index contributed by atoms with van der Waals surface area (Å²) in [4.78, 5) is 14.1. The molecule has 0 aliphatic carbocycles. The molecule has 0 radical (unpaired) electrons. The molecule has 1 fully saturated rings. The number of hydrogen-bond donors (Lipinski definition) is 2. The van der Waals surface area contributed by atoms with Gasteiger partial charge in [-0.25, -0.2) is 0 Å². The zero-order chi connectivity index (χ0) is 13.7. The summed E-state index contributed by atoms with van der Waals surface area (Å²) in [6.07, 6.45) is 3.06. The molecule has 6 heteroatoms. The molecular formula is C13H23N5O. The molecule has 106 valence electrons. The molecule has 1 saturated heterocycles. The number of aryl methyl sites for hydroxylation is 2. The lowest BCUT2D eigenvalue weighted by Crippen LogP contribution is -2.38. The first-order chi connectivity index (χ1) is 9.15. The quantitative estimate of drug-likeness (QED) is 0.780. The van der Waals surface area contributed by atoms with E-state index in [1.165, 1.54) is 0 Å². The highest BCUT2D eigenvalue weighted by atomic mass is 16.2. The first kappa shape index (κ1) is 14.0. The minimum Gasteiger partial charge on any atom is -0.351 e. The molecule has 2 heterocycles. The maximum Gasteiger partial charge on any atom is 0.234 e. The van der Waals surface area contributed by atoms with E-state index < -0.39 is 0 Å². The van der Waals surface area contributed by atoms with Crippen molar-refractivity contribution in [1.29, 1.82) is 0 Å². The van der Waals surface area contributed by atoms with Crippen LogP contribution in [0.2, 0.25) is 0 Å². The van der Waals surface area contributed by atoms with Crippen molar-refractivity contribution in [1.82, 2.24) is 25.3 Å². The van der Waals surface area contributed by atoms with Crippen molar-refractivity contribution >= 4 is 5.91 Å². The van der Waals surface area contributed by atoms with Crippen LogP contribution in [0.3, 0.4) is 0 Å². The minimum absolute atomic E-state index is 0.0881. The largest absolute Gasteiger partial charge is 0.351 e. The Kier molecular flexibility index (Phi) is 4.93. The van der Waals surface area contributed by atoms with Gasteiger partial charge in [-0.3, -0.25) is 14.4 Å². The van der Waals surface area contributed by atoms with E-state index in [-0.39, 0.29) is 5.91 Å². The SMILES string of the molecule is Cc1nn(C)cc1CNC(=O)CN1CCCNCC1. The van der Waals surface area contributed by atoms with Crippen LogP contribution in [0.5, 0.6) is 0 Å². The standard InChI is InChI=1S/C13H23N5O/c1-11-12(9-17(2)16-11)8-15-13(19)10-18-6-3-4-14-5-7-18/h9,14H,3-8,10H2,1-2H3,(H,15,19). The summed E-state index contributed by atoms with van der Waals surface area (Å²) in [6.45, 7) is 6.96. The first-order valence-electron chi connectivity index (χ1n) is 6.84. The van der Waals surface area contributed by atoms with Gasteiger partial charge in [0.25, 0.3) is 0 Å². The van der Waals surface area contributed by atoms with Crippen LogP contribution < -0.4 is 10.6 Å². The van der Waals surface area contributed by atoms with Crippen molar-refractivity contribution in [2.75, 3.05) is 32.7 Å². The molecule has 2 N–H and O–H groups in total. The molecule has 1 amide bonds. The fraction of sp³-hybridized carbons (Fsp3) is 0.692. The van der Waals surface area contributed by atoms with E-state index in [1.807, 2.05) is 20.2 Å². The molecule has 0 aromatic carbocycles. The zero-order valence-electron chi connectivity index (χ0n) is 11.8. The van der Waals surface area contributed by atoms with Gasteiger partial charge in [-0.15, -0.1) is 0 Å². The highest BCUT2D eigenvalue weighted by molar-refractivity contribution is 5.78. The smallest absolute Gasteiger partial charge is 0.234 e. The Hall–Kier alpha value is -1.40. The Morgan fingerprint density at radius 3 is 3.05 bits per heavy atom. The molecule has 19 heavy (non-hydrogen) atoms. The van der Waals surface area contributed by atoms with Gasteiger partial charge in [-0.2, -0.15) is 5.10 Å². The summed E-state index contributed by atoms with van der Waals surface area (Å²) in [5.74, 6) is 0.0881. The molecule has 0 saturated carbocycles. The van der Waals surface area contributed by atoms with Crippen molar-refractivity contribution < 1.29 is 4.79 Å². The van der Waals surface area contributed by atoms with Gasteiger partial charge in [-0.1, -0.05) is 0 Å². The molecule has 0 atom stereocenters. The Bertz CT molecular complexity index is 421. The predicted molar refractivity (Wildman–Crippen MR) is 73.7 cm³/mol. The lowest BCUT2D eigenvalue weighted by Gasteiger charge is -2.18. The average molecular weight is 265 g/mol. The van der Waals surface area contributed by atoms with Crippen LogP contribution in [0.1, 0.15) is 17.7 Å². The van der Waals surface area contributed by atoms with Crippen LogP contribution >= 0.6 is 0 Å². The second kappa shape index (κ2) is 6.68. The van der Waals surface area contributed by atoms with Crippen LogP contribution in [-0.2, 0) is 18.4 Å². The fourth-order valence-electron chi connectivity index (χ4n) is 2.33. The normalized spacial score (nSPS) is 17.2. The third-order valence-electron chi connectivity index (χ3n) is 3.39. The molecule has 0 spiro atoms. The van der Waals surface area contributed by atoms with E-state index >= 15 is 0 Å². The van der Waals surface area contributed by atoms with Crippen LogP contribution in [-0.4, -0.2) is 53.3 Å². The summed E-state index contributed by atoms with van der Waals surface area (Å²) in [7, 11) is 1.89. The van der Waals surface area contributed by atoms with Crippen molar-refractivity contribution in [2.45, 2.75) is 19.9 Å². The van der Waals surface area contributed by atoms with Crippen molar-refractivity contribution in [3.05, 3.63) is 17.5 Å². The van der Waals surface area contributed by atoms with Gasteiger partial charge < -0.3 is 10.6 Å². The summed E-state index contributed by atoms with van der Waals surface area (Å²) in [5.41, 5.74) is 2.05. The number of hydrogen-bond acceptors (Lipinski definition) is 4. The van der Waals surface area contributed by atoms with Gasteiger partial charge in [-0.05, 0) is 26.4 Å². The summed E-state index contributed by atoms with van der Waals surface area (Å²) < 4.78 is 1.78. The second-order valence-corrected chi connectivity index (χ2v) is 5.07. The maximum atomic E-state index is 11.9. The Balaban J connectivity index is 1.76. The summed E-state index contributed by atoms with van der Waals surface area (Å²) in [6, 6.07) is 0. The molecule has 6 nitrogen and oxygen atoms in total. The Morgan fingerprint density at radius 2 is 2.32 bits per heavy atom. The summed E-state index contributed by atoms with van der Waals surface area (Å²) >= 11 is 0. The predicted octanol–water partition coefficient (Wildman–Crippen LogP) is -0.360. The van der Waals surface area contributed by atoms with Crippen molar-refractivity contribution in [3.63, 3.8) is 0 Å². The number of nitrogens with one attached hydrogen (secondary N) is 2. The highest BCUT2D eigenvalue weighted by Crippen LogP contribution is 2.03. The zero-order valence-corrected chi connectivity index (χ0v) is 11.8. The molecule has 2 rings (SSSR count). The van der Waals surface area contributed by atoms with E-state index in [4.69, 9.17) is 0 Å². The van der Waals surface area contributed by atoms with E-state index in [9.17, 15) is 4.79 Å². The van der Waals surface area contributed by atoms with E-state index in [2.05, 4.69) is 20.6 Å². The number of carbonyl (C=O) groups is 1. The van der Waals surface area contributed by atoms with Crippen molar-refractivity contribution in [2.24, 2.45) is 7.05 Å². The van der Waals surface area contributed by atoms with Gasteiger partial charge in [0.2, 0.25) is 5.91 Å². The van der Waals surface area contributed by atoms with Gasteiger partial charge >= 0.3 is 0 Å². The number of amides is 1. The third-order valence-corrected chi connectivity index (χ3v) is 3.39. The molecule has 1 aliphatic rings. The van der Waals surface area contributed by atoms with E-state index in [0.717, 1.165) is 43.9 Å². The summed E-state index contributed by atoms with van der Waals surface area (Å²) in [5, 5.41) is 10.6. The monoisotopic (exact) mass is 265 g/mol. The topological polar surface area (TPSA) is 62.2 Å². The van der Waals surface area contributed by atoms with Gasteiger partial charge in [0.05, 0.1) is 12.2 Å².